The van der Waals surface area contributed by atoms with Crippen LogP contribution in [0.15, 0.2) is 60.7 Å². The van der Waals surface area contributed by atoms with Crippen LogP contribution >= 0.6 is 0 Å². The lowest BCUT2D eigenvalue weighted by atomic mass is 9.46. The molecule has 52 heavy (non-hydrogen) atoms. The summed E-state index contributed by atoms with van der Waals surface area (Å²) in [5, 5.41) is 0. The number of amides is 2. The molecule has 280 valence electrons. The maximum Gasteiger partial charge on any atom is 0.410 e. The Labute approximate surface area is 310 Å². The van der Waals surface area contributed by atoms with Crippen molar-refractivity contribution in [2.75, 3.05) is 39.9 Å². The standard InChI is InChI=1S/C44H58N2O6/c1-29-17-18-37-43(2,23-19-38-44(37,3)28-50-41(51-38)30-11-5-6-12-30)36(29)22-26-49-31-20-24-46(25-21-31)39(47)27-45(4)42(48)52-40-34-15-9-7-13-32(34)33-14-8-10-16-35(33)40/h7-10,13-16,30-31,36-38,40-41H,1,5-6,11-12,17-28H2,2-4H3/t36-,37?,38-,41-,43+,44+/m1/s1. The van der Waals surface area contributed by atoms with Crippen molar-refractivity contribution >= 4 is 12.0 Å². The molecule has 2 aromatic rings. The van der Waals surface area contributed by atoms with Crippen LogP contribution in [0.1, 0.15) is 102 Å². The molecule has 0 N–H and O–H groups in total. The summed E-state index contributed by atoms with van der Waals surface area (Å²) in [5.74, 6) is 1.49. The van der Waals surface area contributed by atoms with Gasteiger partial charge in [0, 0.05) is 49.2 Å². The normalized spacial score (nSPS) is 32.1. The quantitative estimate of drug-likeness (QED) is 0.256. The Morgan fingerprint density at radius 2 is 1.60 bits per heavy atom. The van der Waals surface area contributed by atoms with Gasteiger partial charge in [-0.3, -0.25) is 4.79 Å². The van der Waals surface area contributed by atoms with Gasteiger partial charge in [0.15, 0.2) is 12.4 Å². The van der Waals surface area contributed by atoms with Crippen LogP contribution in [-0.2, 0) is 23.7 Å². The fourth-order valence-electron chi connectivity index (χ4n) is 11.3. The first-order chi connectivity index (χ1) is 25.2. The minimum absolute atomic E-state index is 0.00841. The number of hydrogen-bond acceptors (Lipinski definition) is 6. The van der Waals surface area contributed by atoms with E-state index < -0.39 is 12.2 Å². The van der Waals surface area contributed by atoms with Crippen molar-refractivity contribution in [3.8, 4) is 11.1 Å². The minimum Gasteiger partial charge on any atom is -0.436 e. The highest BCUT2D eigenvalue weighted by molar-refractivity contribution is 5.83. The van der Waals surface area contributed by atoms with E-state index in [9.17, 15) is 9.59 Å². The van der Waals surface area contributed by atoms with Crippen LogP contribution in [0, 0.1) is 28.6 Å². The lowest BCUT2D eigenvalue weighted by Gasteiger charge is -2.63. The van der Waals surface area contributed by atoms with Crippen molar-refractivity contribution in [3.63, 3.8) is 0 Å². The van der Waals surface area contributed by atoms with Gasteiger partial charge in [-0.25, -0.2) is 4.79 Å². The van der Waals surface area contributed by atoms with E-state index in [1.807, 2.05) is 41.3 Å². The monoisotopic (exact) mass is 710 g/mol. The molecular weight excluding hydrogens is 652 g/mol. The predicted molar refractivity (Wildman–Crippen MR) is 200 cm³/mol. The second kappa shape index (κ2) is 14.6. The van der Waals surface area contributed by atoms with Crippen molar-refractivity contribution in [2.24, 2.45) is 28.6 Å². The molecule has 0 spiro atoms. The van der Waals surface area contributed by atoms with E-state index in [2.05, 4.69) is 32.6 Å². The van der Waals surface area contributed by atoms with Crippen molar-refractivity contribution < 1.29 is 28.5 Å². The fraction of sp³-hybridized carbons (Fsp3) is 0.636. The number of allylic oxidation sites excluding steroid dienone is 1. The van der Waals surface area contributed by atoms with Gasteiger partial charge in [-0.15, -0.1) is 0 Å². The van der Waals surface area contributed by atoms with Crippen LogP contribution in [0.5, 0.6) is 0 Å². The molecule has 2 aliphatic heterocycles. The number of piperidine rings is 1. The second-order valence-corrected chi connectivity index (χ2v) is 17.2. The van der Waals surface area contributed by atoms with Crippen LogP contribution in [0.4, 0.5) is 4.79 Å². The van der Waals surface area contributed by atoms with Gasteiger partial charge < -0.3 is 28.7 Å². The predicted octanol–water partition coefficient (Wildman–Crippen LogP) is 8.54. The number of carbonyl (C=O) groups is 2. The van der Waals surface area contributed by atoms with Gasteiger partial charge in [0.2, 0.25) is 5.91 Å². The maximum absolute atomic E-state index is 13.3. The summed E-state index contributed by atoms with van der Waals surface area (Å²) in [6, 6.07) is 16.1. The van der Waals surface area contributed by atoms with Gasteiger partial charge in [0.1, 0.15) is 6.54 Å². The third-order valence-corrected chi connectivity index (χ3v) is 14.2. The number of benzene rings is 2. The number of likely N-dealkylation sites (N-methyl/N-ethyl adjacent to an activating group) is 1. The Balaban J connectivity index is 0.799. The third kappa shape index (κ3) is 6.51. The largest absolute Gasteiger partial charge is 0.436 e. The lowest BCUT2D eigenvalue weighted by Crippen LogP contribution is -2.62. The summed E-state index contributed by atoms with van der Waals surface area (Å²) >= 11 is 0. The molecular formula is C44H58N2O6. The molecule has 5 fully saturated rings. The first-order valence-corrected chi connectivity index (χ1v) is 20.1. The highest BCUT2D eigenvalue weighted by Gasteiger charge is 2.60. The highest BCUT2D eigenvalue weighted by Crippen LogP contribution is 2.63. The summed E-state index contributed by atoms with van der Waals surface area (Å²) in [4.78, 5) is 29.8. The zero-order valence-corrected chi connectivity index (χ0v) is 31.5. The lowest BCUT2D eigenvalue weighted by molar-refractivity contribution is -0.316. The van der Waals surface area contributed by atoms with Crippen molar-refractivity contribution in [1.82, 2.24) is 9.80 Å². The topological polar surface area (TPSA) is 77.5 Å². The molecule has 2 heterocycles. The summed E-state index contributed by atoms with van der Waals surface area (Å²) in [7, 11) is 1.64. The zero-order chi connectivity index (χ0) is 36.0. The molecule has 4 aliphatic carbocycles. The molecule has 2 amide bonds. The molecule has 6 atom stereocenters. The molecule has 0 aromatic heterocycles. The Morgan fingerprint density at radius 3 is 2.29 bits per heavy atom. The molecule has 0 bridgehead atoms. The molecule has 8 heteroatoms. The number of fused-ring (bicyclic) bond motifs is 6. The van der Waals surface area contributed by atoms with Gasteiger partial charge in [0.05, 0.1) is 18.8 Å². The highest BCUT2D eigenvalue weighted by atomic mass is 16.7. The number of carbonyl (C=O) groups excluding carboxylic acids is 2. The van der Waals surface area contributed by atoms with Gasteiger partial charge in [-0.2, -0.15) is 0 Å². The van der Waals surface area contributed by atoms with Crippen molar-refractivity contribution in [3.05, 3.63) is 71.8 Å². The Kier molecular flexibility index (Phi) is 10.0. The smallest absolute Gasteiger partial charge is 0.410 e. The number of likely N-dealkylation sites (tertiary alicyclic amines) is 1. The van der Waals surface area contributed by atoms with Crippen LogP contribution in [0.25, 0.3) is 11.1 Å². The van der Waals surface area contributed by atoms with Gasteiger partial charge in [-0.1, -0.05) is 87.4 Å². The fourth-order valence-corrected chi connectivity index (χ4v) is 11.3. The molecule has 3 saturated carbocycles. The number of rotatable bonds is 8. The Bertz CT molecular complexity index is 1600. The van der Waals surface area contributed by atoms with E-state index in [1.54, 1.807) is 7.05 Å². The summed E-state index contributed by atoms with van der Waals surface area (Å²) in [6.07, 6.45) is 11.6. The first-order valence-electron chi connectivity index (χ1n) is 20.1. The van der Waals surface area contributed by atoms with Gasteiger partial charge in [0.25, 0.3) is 0 Å². The molecule has 6 aliphatic rings. The first kappa shape index (κ1) is 35.8. The van der Waals surface area contributed by atoms with Gasteiger partial charge in [-0.05, 0) is 86.2 Å². The van der Waals surface area contributed by atoms with E-state index in [0.717, 1.165) is 61.0 Å². The van der Waals surface area contributed by atoms with Crippen LogP contribution in [-0.4, -0.2) is 80.2 Å². The molecule has 2 aromatic carbocycles. The summed E-state index contributed by atoms with van der Waals surface area (Å²) in [5.41, 5.74) is 5.71. The van der Waals surface area contributed by atoms with Crippen molar-refractivity contribution in [1.29, 1.82) is 0 Å². The molecule has 0 radical (unpaired) electrons. The van der Waals surface area contributed by atoms with Gasteiger partial charge >= 0.3 is 6.09 Å². The molecule has 1 unspecified atom stereocenters. The maximum atomic E-state index is 13.3. The van der Waals surface area contributed by atoms with E-state index in [0.29, 0.717) is 37.5 Å². The number of nitrogens with zero attached hydrogens (tertiary/aromatic N) is 2. The molecule has 8 nitrogen and oxygen atoms in total. The van der Waals surface area contributed by atoms with E-state index in [1.165, 1.54) is 49.0 Å². The average Bonchev–Trinajstić information content (AvgIpc) is 3.80. The number of hydrogen-bond donors (Lipinski definition) is 0. The molecule has 2 saturated heterocycles. The van der Waals surface area contributed by atoms with Crippen molar-refractivity contribution in [2.45, 2.75) is 109 Å². The Morgan fingerprint density at radius 1 is 0.923 bits per heavy atom. The van der Waals surface area contributed by atoms with Crippen LogP contribution < -0.4 is 0 Å². The molecule has 8 rings (SSSR count). The summed E-state index contributed by atoms with van der Waals surface area (Å²) in [6.45, 7) is 12.3. The van der Waals surface area contributed by atoms with E-state index >= 15 is 0 Å². The van der Waals surface area contributed by atoms with E-state index in [-0.39, 0.29) is 41.8 Å². The second-order valence-electron chi connectivity index (χ2n) is 17.2. The third-order valence-electron chi connectivity index (χ3n) is 14.2. The van der Waals surface area contributed by atoms with Crippen LogP contribution in [0.2, 0.25) is 0 Å². The Hall–Kier alpha value is -3.20. The SMILES string of the molecule is C=C1CCC2[C@]3(C)CO[C@@H](C4CCCC4)O[C@@H]3CC[C@@]2(C)[C@@H]1CCOC1CCN(C(=O)CN(C)C(=O)OC2c3ccccc3-c3ccccc32)CC1. The minimum atomic E-state index is -0.498. The zero-order valence-electron chi connectivity index (χ0n) is 31.5. The number of ether oxygens (including phenoxy) is 4. The van der Waals surface area contributed by atoms with Crippen LogP contribution in [0.3, 0.4) is 0 Å². The van der Waals surface area contributed by atoms with E-state index in [4.69, 9.17) is 18.9 Å². The summed E-state index contributed by atoms with van der Waals surface area (Å²) < 4.78 is 25.8. The average molecular weight is 711 g/mol.